The Bertz CT molecular complexity index is 916. The SMILES string of the molecule is Cc1ccc(N(CC(=O)NCCSCc2ccc(Cl)cc2)S(C)(=O)=O)c(C)c1. The van der Waals surface area contributed by atoms with Crippen molar-refractivity contribution in [1.82, 2.24) is 5.32 Å². The average molecular weight is 441 g/mol. The molecule has 2 aromatic rings. The number of hydrogen-bond acceptors (Lipinski definition) is 4. The van der Waals surface area contributed by atoms with Crippen LogP contribution in [0.3, 0.4) is 0 Å². The van der Waals surface area contributed by atoms with Gasteiger partial charge in [-0.2, -0.15) is 11.8 Å². The number of halogens is 1. The number of sulfonamides is 1. The molecule has 2 rings (SSSR count). The first-order chi connectivity index (χ1) is 13.2. The molecule has 0 unspecified atom stereocenters. The van der Waals surface area contributed by atoms with Crippen LogP contribution in [0, 0.1) is 13.8 Å². The van der Waals surface area contributed by atoms with Gasteiger partial charge in [0.1, 0.15) is 6.54 Å². The van der Waals surface area contributed by atoms with Crippen molar-refractivity contribution in [1.29, 1.82) is 0 Å². The summed E-state index contributed by atoms with van der Waals surface area (Å²) in [5.41, 5.74) is 3.55. The van der Waals surface area contributed by atoms with E-state index in [9.17, 15) is 13.2 Å². The first-order valence-electron chi connectivity index (χ1n) is 8.80. The summed E-state index contributed by atoms with van der Waals surface area (Å²) in [6.07, 6.45) is 1.11. The maximum Gasteiger partial charge on any atom is 0.240 e. The van der Waals surface area contributed by atoms with Crippen LogP contribution in [0.25, 0.3) is 0 Å². The third-order valence-corrected chi connectivity index (χ3v) is 6.47. The first-order valence-corrected chi connectivity index (χ1v) is 12.2. The number of nitrogens with one attached hydrogen (secondary N) is 1. The molecule has 1 N–H and O–H groups in total. The fraction of sp³-hybridized carbons (Fsp3) is 0.350. The fourth-order valence-corrected chi connectivity index (χ4v) is 4.54. The highest BCUT2D eigenvalue weighted by Crippen LogP contribution is 2.23. The zero-order chi connectivity index (χ0) is 20.7. The molecule has 0 bridgehead atoms. The summed E-state index contributed by atoms with van der Waals surface area (Å²) in [6.45, 7) is 4.02. The van der Waals surface area contributed by atoms with E-state index < -0.39 is 10.0 Å². The first kappa shape index (κ1) is 22.6. The average Bonchev–Trinajstić information content (AvgIpc) is 2.61. The molecule has 8 heteroatoms. The van der Waals surface area contributed by atoms with Crippen molar-refractivity contribution in [2.24, 2.45) is 0 Å². The van der Waals surface area contributed by atoms with Gasteiger partial charge in [0.2, 0.25) is 15.9 Å². The minimum Gasteiger partial charge on any atom is -0.354 e. The lowest BCUT2D eigenvalue weighted by Crippen LogP contribution is -2.41. The molecule has 152 valence electrons. The van der Waals surface area contributed by atoms with E-state index in [1.807, 2.05) is 50.2 Å². The molecule has 0 aliphatic carbocycles. The van der Waals surface area contributed by atoms with Crippen molar-refractivity contribution >= 4 is 45.0 Å². The van der Waals surface area contributed by atoms with E-state index in [4.69, 9.17) is 11.6 Å². The highest BCUT2D eigenvalue weighted by Gasteiger charge is 2.22. The van der Waals surface area contributed by atoms with Crippen LogP contribution in [0.15, 0.2) is 42.5 Å². The van der Waals surface area contributed by atoms with Gasteiger partial charge in [-0.25, -0.2) is 8.42 Å². The van der Waals surface area contributed by atoms with Crippen LogP contribution < -0.4 is 9.62 Å². The Kier molecular flexibility index (Phi) is 8.22. The number of anilines is 1. The molecule has 5 nitrogen and oxygen atoms in total. The second-order valence-electron chi connectivity index (χ2n) is 6.59. The predicted molar refractivity (Wildman–Crippen MR) is 119 cm³/mol. The number of rotatable bonds is 9. The Balaban J connectivity index is 1.85. The zero-order valence-electron chi connectivity index (χ0n) is 16.2. The van der Waals surface area contributed by atoms with E-state index in [-0.39, 0.29) is 12.5 Å². The van der Waals surface area contributed by atoms with Crippen LogP contribution in [0.1, 0.15) is 16.7 Å². The maximum absolute atomic E-state index is 12.3. The van der Waals surface area contributed by atoms with Gasteiger partial charge in [-0.3, -0.25) is 9.10 Å². The summed E-state index contributed by atoms with van der Waals surface area (Å²) in [4.78, 5) is 12.3. The Morgan fingerprint density at radius 2 is 1.82 bits per heavy atom. The number of carbonyl (C=O) groups is 1. The molecule has 0 aliphatic rings. The van der Waals surface area contributed by atoms with Crippen molar-refractivity contribution in [3.8, 4) is 0 Å². The zero-order valence-corrected chi connectivity index (χ0v) is 18.6. The third-order valence-electron chi connectivity index (χ3n) is 4.06. The molecule has 28 heavy (non-hydrogen) atoms. The molecular formula is C20H25ClN2O3S2. The molecule has 0 aromatic heterocycles. The predicted octanol–water partition coefficient (Wildman–Crippen LogP) is 3.77. The van der Waals surface area contributed by atoms with Crippen molar-refractivity contribution in [2.75, 3.05) is 29.4 Å². The van der Waals surface area contributed by atoms with Gasteiger partial charge in [0.25, 0.3) is 0 Å². The summed E-state index contributed by atoms with van der Waals surface area (Å²) in [6, 6.07) is 13.1. The lowest BCUT2D eigenvalue weighted by molar-refractivity contribution is -0.119. The number of amides is 1. The smallest absolute Gasteiger partial charge is 0.240 e. The largest absolute Gasteiger partial charge is 0.354 e. The lowest BCUT2D eigenvalue weighted by atomic mass is 10.1. The molecule has 1 amide bonds. The summed E-state index contributed by atoms with van der Waals surface area (Å²) in [7, 11) is -3.57. The van der Waals surface area contributed by atoms with Crippen LogP contribution in [-0.2, 0) is 20.6 Å². The molecule has 0 saturated heterocycles. The minimum atomic E-state index is -3.57. The van der Waals surface area contributed by atoms with Gasteiger partial charge in [-0.05, 0) is 43.2 Å². The topological polar surface area (TPSA) is 66.5 Å². The van der Waals surface area contributed by atoms with Gasteiger partial charge in [-0.15, -0.1) is 0 Å². The highest BCUT2D eigenvalue weighted by molar-refractivity contribution is 7.98. The van der Waals surface area contributed by atoms with E-state index in [0.717, 1.165) is 33.2 Å². The molecule has 0 aliphatic heterocycles. The van der Waals surface area contributed by atoms with E-state index in [0.29, 0.717) is 17.3 Å². The number of thioether (sulfide) groups is 1. The van der Waals surface area contributed by atoms with Crippen LogP contribution in [0.2, 0.25) is 5.02 Å². The van der Waals surface area contributed by atoms with E-state index >= 15 is 0 Å². The van der Waals surface area contributed by atoms with Crippen LogP contribution in [0.5, 0.6) is 0 Å². The van der Waals surface area contributed by atoms with Crippen molar-refractivity contribution < 1.29 is 13.2 Å². The Morgan fingerprint density at radius 3 is 2.43 bits per heavy atom. The molecule has 0 saturated carbocycles. The second-order valence-corrected chi connectivity index (χ2v) is 10.0. The highest BCUT2D eigenvalue weighted by atomic mass is 35.5. The number of hydrogen-bond donors (Lipinski definition) is 1. The molecular weight excluding hydrogens is 416 g/mol. The summed E-state index contributed by atoms with van der Waals surface area (Å²) in [5.74, 6) is 1.24. The molecule has 0 spiro atoms. The standard InChI is InChI=1S/C20H25ClN2O3S2/c1-15-4-9-19(16(2)12-15)23(28(3,25)26)13-20(24)22-10-11-27-14-17-5-7-18(21)8-6-17/h4-9,12H,10-11,13-14H2,1-3H3,(H,22,24). The summed E-state index contributed by atoms with van der Waals surface area (Å²) in [5, 5.41) is 3.50. The molecule has 0 radical (unpaired) electrons. The second kappa shape index (κ2) is 10.2. The number of benzene rings is 2. The van der Waals surface area contributed by atoms with E-state index in [1.54, 1.807) is 17.8 Å². The number of nitrogens with zero attached hydrogens (tertiary/aromatic N) is 1. The van der Waals surface area contributed by atoms with Crippen molar-refractivity contribution in [2.45, 2.75) is 19.6 Å². The minimum absolute atomic E-state index is 0.232. The maximum atomic E-state index is 12.3. The Morgan fingerprint density at radius 1 is 1.14 bits per heavy atom. The van der Waals surface area contributed by atoms with Crippen LogP contribution in [-0.4, -0.2) is 39.4 Å². The molecule has 0 heterocycles. The Labute approximate surface area is 176 Å². The van der Waals surface area contributed by atoms with Gasteiger partial charge in [0.05, 0.1) is 11.9 Å². The summed E-state index contributed by atoms with van der Waals surface area (Å²) >= 11 is 7.55. The quantitative estimate of drug-likeness (QED) is 0.602. The van der Waals surface area contributed by atoms with Gasteiger partial charge in [-0.1, -0.05) is 41.4 Å². The number of carbonyl (C=O) groups excluding carboxylic acids is 1. The monoisotopic (exact) mass is 440 g/mol. The van der Waals surface area contributed by atoms with Gasteiger partial charge >= 0.3 is 0 Å². The fourth-order valence-electron chi connectivity index (χ4n) is 2.69. The van der Waals surface area contributed by atoms with Gasteiger partial charge in [0.15, 0.2) is 0 Å². The van der Waals surface area contributed by atoms with Crippen LogP contribution in [0.4, 0.5) is 5.69 Å². The van der Waals surface area contributed by atoms with Gasteiger partial charge < -0.3 is 5.32 Å². The van der Waals surface area contributed by atoms with Crippen molar-refractivity contribution in [3.05, 3.63) is 64.2 Å². The van der Waals surface area contributed by atoms with Gasteiger partial charge in [0, 0.05) is 23.1 Å². The van der Waals surface area contributed by atoms with Crippen LogP contribution >= 0.6 is 23.4 Å². The van der Waals surface area contributed by atoms with E-state index in [1.165, 1.54) is 5.56 Å². The number of aryl methyl sites for hydroxylation is 2. The lowest BCUT2D eigenvalue weighted by Gasteiger charge is -2.24. The third kappa shape index (κ3) is 7.04. The summed E-state index contributed by atoms with van der Waals surface area (Å²) < 4.78 is 25.5. The molecule has 0 fully saturated rings. The molecule has 2 aromatic carbocycles. The normalized spacial score (nSPS) is 11.3. The Hall–Kier alpha value is -1.70. The van der Waals surface area contributed by atoms with Crippen molar-refractivity contribution in [3.63, 3.8) is 0 Å². The molecule has 0 atom stereocenters. The van der Waals surface area contributed by atoms with E-state index in [2.05, 4.69) is 5.32 Å².